The van der Waals surface area contributed by atoms with E-state index in [1.807, 2.05) is 72.8 Å². The molecule has 0 atom stereocenters. The Kier molecular flexibility index (Phi) is 12.1. The monoisotopic (exact) mass is 682 g/mol. The molecule has 0 radical (unpaired) electrons. The molecule has 11 nitrogen and oxygen atoms in total. The van der Waals surface area contributed by atoms with Gasteiger partial charge in [-0.3, -0.25) is 10.1 Å². The summed E-state index contributed by atoms with van der Waals surface area (Å²) in [4.78, 5) is 18.7. The van der Waals surface area contributed by atoms with Crippen LogP contribution in [0.25, 0.3) is 0 Å². The Morgan fingerprint density at radius 1 is 0.780 bits per heavy atom. The maximum absolute atomic E-state index is 12.1. The van der Waals surface area contributed by atoms with E-state index in [-0.39, 0.29) is 41.6 Å². The quantitative estimate of drug-likeness (QED) is 0.0750. The van der Waals surface area contributed by atoms with Gasteiger partial charge in [-0.15, -0.1) is 0 Å². The Labute approximate surface area is 293 Å². The molecule has 0 unspecified atom stereocenters. The molecule has 264 valence electrons. The topological polar surface area (TPSA) is 117 Å². The van der Waals surface area contributed by atoms with Gasteiger partial charge in [0.05, 0.1) is 17.1 Å². The van der Waals surface area contributed by atoms with Crippen LogP contribution in [0.15, 0.2) is 91.0 Å². The lowest BCUT2D eigenvalue weighted by atomic mass is 9.86. The van der Waals surface area contributed by atoms with Crippen LogP contribution in [-0.4, -0.2) is 55.7 Å². The molecule has 1 N–H and O–H groups in total. The average molecular weight is 683 g/mol. The number of aromatic nitrogens is 1. The first kappa shape index (κ1) is 35.1. The fraction of sp³-hybridized carbons (Fsp3) is 0.410. The summed E-state index contributed by atoms with van der Waals surface area (Å²) in [7, 11) is 3.40. The number of methoxy groups -OCH3 is 2. The lowest BCUT2D eigenvalue weighted by molar-refractivity contribution is -0.383. The van der Waals surface area contributed by atoms with Crippen LogP contribution in [-0.2, 0) is 27.4 Å². The first-order chi connectivity index (χ1) is 24.5. The highest BCUT2D eigenvalue weighted by Crippen LogP contribution is 2.37. The zero-order valence-electron chi connectivity index (χ0n) is 28.7. The lowest BCUT2D eigenvalue weighted by Gasteiger charge is -2.37. The van der Waals surface area contributed by atoms with E-state index in [4.69, 9.17) is 23.7 Å². The molecule has 4 aromatic rings. The van der Waals surface area contributed by atoms with Crippen LogP contribution in [0.4, 0.5) is 22.7 Å². The van der Waals surface area contributed by atoms with Gasteiger partial charge in [0.25, 0.3) is 5.69 Å². The van der Waals surface area contributed by atoms with Gasteiger partial charge in [-0.1, -0.05) is 60.7 Å². The third kappa shape index (κ3) is 9.29. The minimum atomic E-state index is -0.377. The number of ether oxygens (including phenoxy) is 5. The van der Waals surface area contributed by atoms with Crippen LogP contribution < -0.4 is 19.7 Å². The molecule has 2 heterocycles. The molecule has 2 aliphatic rings. The Hall–Kier alpha value is -4.71. The van der Waals surface area contributed by atoms with Crippen molar-refractivity contribution in [1.29, 1.82) is 0 Å². The van der Waals surface area contributed by atoms with E-state index in [2.05, 4.69) is 15.2 Å². The number of hydrogen-bond donors (Lipinski definition) is 1. The maximum Gasteiger partial charge on any atom is 0.292 e. The second-order valence-electron chi connectivity index (χ2n) is 12.8. The number of hydrogen-bond acceptors (Lipinski definition) is 10. The molecule has 6 rings (SSSR count). The average Bonchev–Trinajstić information content (AvgIpc) is 3.16. The highest BCUT2D eigenvalue weighted by molar-refractivity contribution is 5.76. The second-order valence-corrected chi connectivity index (χ2v) is 12.8. The highest BCUT2D eigenvalue weighted by atomic mass is 16.7. The number of nitrogens with one attached hydrogen (secondary N) is 1. The number of nitrogens with zero attached hydrogens (tertiary/aromatic N) is 3. The van der Waals surface area contributed by atoms with E-state index in [1.54, 1.807) is 32.4 Å². The zero-order chi connectivity index (χ0) is 34.7. The summed E-state index contributed by atoms with van der Waals surface area (Å²) in [5, 5.41) is 15.4. The Morgan fingerprint density at radius 2 is 1.40 bits per heavy atom. The zero-order valence-corrected chi connectivity index (χ0v) is 28.7. The second kappa shape index (κ2) is 17.3. The smallest absolute Gasteiger partial charge is 0.292 e. The van der Waals surface area contributed by atoms with Gasteiger partial charge >= 0.3 is 0 Å². The van der Waals surface area contributed by atoms with E-state index < -0.39 is 0 Å². The largest absolute Gasteiger partial charge is 0.473 e. The molecule has 3 aromatic carbocycles. The van der Waals surface area contributed by atoms with Crippen LogP contribution in [0.1, 0.15) is 49.7 Å². The van der Waals surface area contributed by atoms with Crippen LogP contribution >= 0.6 is 0 Å². The number of rotatable bonds is 15. The maximum atomic E-state index is 12.1. The van der Waals surface area contributed by atoms with Crippen molar-refractivity contribution in [1.82, 2.24) is 4.98 Å². The minimum Gasteiger partial charge on any atom is -0.473 e. The van der Waals surface area contributed by atoms with Gasteiger partial charge in [0.15, 0.2) is 6.29 Å². The third-order valence-electron chi connectivity index (χ3n) is 9.49. The molecule has 1 saturated heterocycles. The Morgan fingerprint density at radius 3 is 2.02 bits per heavy atom. The van der Waals surface area contributed by atoms with Crippen LogP contribution in [0.2, 0.25) is 0 Å². The van der Waals surface area contributed by atoms with E-state index in [1.165, 1.54) is 0 Å². The summed E-state index contributed by atoms with van der Waals surface area (Å²) >= 11 is 0. The predicted octanol–water partition coefficient (Wildman–Crippen LogP) is 8.05. The van der Waals surface area contributed by atoms with Crippen molar-refractivity contribution >= 4 is 22.7 Å². The number of benzene rings is 3. The molecule has 0 amide bonds. The summed E-state index contributed by atoms with van der Waals surface area (Å²) in [6, 6.07) is 28.3. The molecular weight excluding hydrogens is 636 g/mol. The minimum absolute atomic E-state index is 0.0369. The fourth-order valence-corrected chi connectivity index (χ4v) is 6.79. The fourth-order valence-electron chi connectivity index (χ4n) is 6.79. The van der Waals surface area contributed by atoms with E-state index in [0.717, 1.165) is 68.4 Å². The van der Waals surface area contributed by atoms with Crippen molar-refractivity contribution in [2.75, 3.05) is 37.5 Å². The molecule has 0 bridgehead atoms. The molecule has 0 spiro atoms. The van der Waals surface area contributed by atoms with Crippen LogP contribution in [0.5, 0.6) is 11.8 Å². The number of nitro groups is 1. The summed E-state index contributed by atoms with van der Waals surface area (Å²) in [5.74, 6) is 1.08. The van der Waals surface area contributed by atoms with Crippen molar-refractivity contribution in [3.8, 4) is 11.8 Å². The summed E-state index contributed by atoms with van der Waals surface area (Å²) in [6.07, 6.45) is 6.18. The Bertz CT molecular complexity index is 1660. The van der Waals surface area contributed by atoms with Crippen LogP contribution in [0, 0.1) is 16.0 Å². The van der Waals surface area contributed by atoms with Crippen molar-refractivity contribution in [3.05, 3.63) is 112 Å². The summed E-state index contributed by atoms with van der Waals surface area (Å²) < 4.78 is 29.7. The SMILES string of the molecule is COC(OC)C1CCC(OC2CCN(c3ccc([N+](=O)[O-])c(Nc4ccc(OCc5ccccc5)nc4OCc4ccccc4)c3)CC2)CC1. The molecule has 1 aliphatic heterocycles. The molecule has 11 heteroatoms. The molecule has 2 fully saturated rings. The summed E-state index contributed by atoms with van der Waals surface area (Å²) in [6.45, 7) is 2.21. The van der Waals surface area contributed by atoms with Crippen molar-refractivity contribution in [3.63, 3.8) is 0 Å². The third-order valence-corrected chi connectivity index (χ3v) is 9.49. The van der Waals surface area contributed by atoms with Gasteiger partial charge in [-0.2, -0.15) is 4.98 Å². The van der Waals surface area contributed by atoms with Crippen molar-refractivity contribution in [2.45, 2.75) is 70.2 Å². The van der Waals surface area contributed by atoms with E-state index in [0.29, 0.717) is 29.8 Å². The molecule has 1 aromatic heterocycles. The van der Waals surface area contributed by atoms with E-state index in [9.17, 15) is 10.1 Å². The van der Waals surface area contributed by atoms with Gasteiger partial charge in [-0.25, -0.2) is 0 Å². The van der Waals surface area contributed by atoms with Crippen molar-refractivity contribution in [2.24, 2.45) is 5.92 Å². The van der Waals surface area contributed by atoms with Gasteiger partial charge < -0.3 is 33.9 Å². The molecule has 1 aliphatic carbocycles. The van der Waals surface area contributed by atoms with Gasteiger partial charge in [-0.05, 0) is 67.9 Å². The predicted molar refractivity (Wildman–Crippen MR) is 192 cm³/mol. The molecular formula is C39H46N4O7. The van der Waals surface area contributed by atoms with Crippen molar-refractivity contribution < 1.29 is 28.6 Å². The number of nitro benzene ring substituents is 1. The van der Waals surface area contributed by atoms with Gasteiger partial charge in [0.2, 0.25) is 11.8 Å². The molecule has 1 saturated carbocycles. The lowest BCUT2D eigenvalue weighted by Crippen LogP contribution is -2.39. The number of piperidine rings is 1. The standard InChI is InChI=1S/C39H46N4O7/c1-46-39(47-2)30-13-16-32(17-14-30)50-33-21-23-42(24-22-33)31-15-19-36(43(44)45)35(25-31)40-34-18-20-37(48-26-28-9-5-3-6-10-28)41-38(34)49-27-29-11-7-4-8-12-29/h3-12,15,18-20,25,30,32-33,39-40H,13-14,16-17,21-24,26-27H2,1-2H3. The number of anilines is 3. The highest BCUT2D eigenvalue weighted by Gasteiger charge is 2.31. The first-order valence-corrected chi connectivity index (χ1v) is 17.3. The number of pyridine rings is 1. The first-order valence-electron chi connectivity index (χ1n) is 17.3. The van der Waals surface area contributed by atoms with Gasteiger partial charge in [0.1, 0.15) is 24.6 Å². The van der Waals surface area contributed by atoms with Crippen LogP contribution in [0.3, 0.4) is 0 Å². The normalized spacial score (nSPS) is 18.2. The summed E-state index contributed by atoms with van der Waals surface area (Å²) in [5.41, 5.74) is 3.71. The van der Waals surface area contributed by atoms with E-state index >= 15 is 0 Å². The molecule has 50 heavy (non-hydrogen) atoms. The van der Waals surface area contributed by atoms with Gasteiger partial charge in [0, 0.05) is 51.0 Å². The Balaban J connectivity index is 1.13.